The molecule has 0 atom stereocenters. The monoisotopic (exact) mass is 375 g/mol. The minimum atomic E-state index is -0.112. The molecular formula is C19H22ClN3O3. The first-order chi connectivity index (χ1) is 12.2. The van der Waals surface area contributed by atoms with Crippen molar-refractivity contribution in [2.24, 2.45) is 0 Å². The third-order valence-electron chi connectivity index (χ3n) is 3.68. The largest absolute Gasteiger partial charge is 0.440 e. The van der Waals surface area contributed by atoms with E-state index in [1.54, 1.807) is 13.2 Å². The van der Waals surface area contributed by atoms with Crippen molar-refractivity contribution in [1.82, 2.24) is 10.3 Å². The zero-order chi connectivity index (χ0) is 17.5. The van der Waals surface area contributed by atoms with Crippen molar-refractivity contribution >= 4 is 35.1 Å². The molecule has 0 aliphatic carbocycles. The van der Waals surface area contributed by atoms with Crippen LogP contribution in [0, 0.1) is 0 Å². The Kier molecular flexibility index (Phi) is 7.59. The van der Waals surface area contributed by atoms with Crippen molar-refractivity contribution in [2.45, 2.75) is 6.42 Å². The lowest BCUT2D eigenvalue weighted by atomic mass is 10.1. The van der Waals surface area contributed by atoms with E-state index in [0.717, 1.165) is 11.1 Å². The number of aromatic nitrogens is 1. The van der Waals surface area contributed by atoms with Crippen molar-refractivity contribution in [3.8, 4) is 0 Å². The van der Waals surface area contributed by atoms with Crippen LogP contribution in [0.5, 0.6) is 0 Å². The molecule has 0 fully saturated rings. The van der Waals surface area contributed by atoms with E-state index in [1.165, 1.54) is 0 Å². The van der Waals surface area contributed by atoms with E-state index < -0.39 is 0 Å². The molecule has 3 aromatic rings. The smallest absolute Gasteiger partial charge is 0.238 e. The number of rotatable bonds is 8. The normalized spacial score (nSPS) is 10.5. The number of benzene rings is 2. The molecule has 0 unspecified atom stereocenters. The van der Waals surface area contributed by atoms with Gasteiger partial charge < -0.3 is 19.8 Å². The van der Waals surface area contributed by atoms with Gasteiger partial charge in [-0.25, -0.2) is 4.98 Å². The summed E-state index contributed by atoms with van der Waals surface area (Å²) >= 11 is 0. The van der Waals surface area contributed by atoms with Crippen LogP contribution in [0.3, 0.4) is 0 Å². The van der Waals surface area contributed by atoms with Crippen LogP contribution >= 0.6 is 12.4 Å². The highest BCUT2D eigenvalue weighted by Gasteiger charge is 2.09. The summed E-state index contributed by atoms with van der Waals surface area (Å²) in [4.78, 5) is 16.4. The van der Waals surface area contributed by atoms with Gasteiger partial charge in [-0.15, -0.1) is 12.4 Å². The summed E-state index contributed by atoms with van der Waals surface area (Å²) in [6.45, 7) is 1.44. The van der Waals surface area contributed by atoms with Crippen LogP contribution in [0.15, 0.2) is 52.9 Å². The van der Waals surface area contributed by atoms with Gasteiger partial charge in [-0.2, -0.15) is 0 Å². The van der Waals surface area contributed by atoms with Gasteiger partial charge in [0.25, 0.3) is 0 Å². The SMILES string of the molecule is COCCNCC(=O)Nc1ccc2nc(Cc3ccccc3)oc2c1.Cl. The van der Waals surface area contributed by atoms with Gasteiger partial charge in [-0.1, -0.05) is 30.3 Å². The van der Waals surface area contributed by atoms with Crippen LogP contribution in [0.25, 0.3) is 11.1 Å². The zero-order valence-corrected chi connectivity index (χ0v) is 15.3. The number of fused-ring (bicyclic) bond motifs is 1. The molecule has 0 saturated carbocycles. The lowest BCUT2D eigenvalue weighted by Gasteiger charge is -2.06. The molecular weight excluding hydrogens is 354 g/mol. The molecule has 1 heterocycles. The predicted octanol–water partition coefficient (Wildman–Crippen LogP) is 3.01. The average Bonchev–Trinajstić information content (AvgIpc) is 3.01. The quantitative estimate of drug-likeness (QED) is 0.592. The molecule has 2 aromatic carbocycles. The summed E-state index contributed by atoms with van der Waals surface area (Å²) in [6, 6.07) is 15.5. The highest BCUT2D eigenvalue weighted by molar-refractivity contribution is 5.94. The fraction of sp³-hybridized carbons (Fsp3) is 0.263. The molecule has 138 valence electrons. The lowest BCUT2D eigenvalue weighted by molar-refractivity contribution is -0.115. The first-order valence-corrected chi connectivity index (χ1v) is 8.17. The Hall–Kier alpha value is -2.41. The van der Waals surface area contributed by atoms with Crippen LogP contribution < -0.4 is 10.6 Å². The van der Waals surface area contributed by atoms with Crippen molar-refractivity contribution in [3.05, 3.63) is 60.0 Å². The first kappa shape index (κ1) is 19.9. The summed E-state index contributed by atoms with van der Waals surface area (Å²) in [7, 11) is 1.63. The third kappa shape index (κ3) is 5.56. The van der Waals surface area contributed by atoms with E-state index >= 15 is 0 Å². The Morgan fingerprint density at radius 1 is 1.19 bits per heavy atom. The number of hydrogen-bond acceptors (Lipinski definition) is 5. The highest BCUT2D eigenvalue weighted by atomic mass is 35.5. The Morgan fingerprint density at radius 2 is 2.00 bits per heavy atom. The number of carbonyl (C=O) groups is 1. The highest BCUT2D eigenvalue weighted by Crippen LogP contribution is 2.21. The topological polar surface area (TPSA) is 76.4 Å². The Labute approximate surface area is 158 Å². The summed E-state index contributed by atoms with van der Waals surface area (Å²) < 4.78 is 10.7. The van der Waals surface area contributed by atoms with Gasteiger partial charge in [0, 0.05) is 31.8 Å². The summed E-state index contributed by atoms with van der Waals surface area (Å²) in [5.41, 5.74) is 3.27. The molecule has 7 heteroatoms. The van der Waals surface area contributed by atoms with Crippen LogP contribution in [-0.4, -0.2) is 37.7 Å². The van der Waals surface area contributed by atoms with Crippen molar-refractivity contribution in [2.75, 3.05) is 32.1 Å². The second kappa shape index (κ2) is 9.91. The van der Waals surface area contributed by atoms with E-state index in [1.807, 2.05) is 42.5 Å². The zero-order valence-electron chi connectivity index (χ0n) is 14.5. The molecule has 0 radical (unpaired) electrons. The number of anilines is 1. The second-order valence-electron chi connectivity index (χ2n) is 5.67. The molecule has 0 bridgehead atoms. The van der Waals surface area contributed by atoms with Gasteiger partial charge in [0.15, 0.2) is 11.5 Å². The van der Waals surface area contributed by atoms with Gasteiger partial charge in [-0.3, -0.25) is 4.79 Å². The van der Waals surface area contributed by atoms with Gasteiger partial charge in [0.1, 0.15) is 5.52 Å². The minimum Gasteiger partial charge on any atom is -0.440 e. The maximum atomic E-state index is 11.9. The van der Waals surface area contributed by atoms with Crippen LogP contribution in [0.1, 0.15) is 11.5 Å². The molecule has 0 aliphatic rings. The minimum absolute atomic E-state index is 0. The molecule has 0 aliphatic heterocycles. The van der Waals surface area contributed by atoms with Crippen molar-refractivity contribution < 1.29 is 13.9 Å². The first-order valence-electron chi connectivity index (χ1n) is 8.17. The second-order valence-corrected chi connectivity index (χ2v) is 5.67. The van der Waals surface area contributed by atoms with E-state index in [9.17, 15) is 4.79 Å². The summed E-state index contributed by atoms with van der Waals surface area (Å²) in [6.07, 6.45) is 0.640. The number of nitrogens with one attached hydrogen (secondary N) is 2. The maximum Gasteiger partial charge on any atom is 0.238 e. The molecule has 6 nitrogen and oxygen atoms in total. The predicted molar refractivity (Wildman–Crippen MR) is 104 cm³/mol. The Balaban J connectivity index is 0.00000243. The van der Waals surface area contributed by atoms with E-state index in [2.05, 4.69) is 15.6 Å². The Bertz CT molecular complexity index is 836. The molecule has 1 amide bonds. The fourth-order valence-electron chi connectivity index (χ4n) is 2.48. The number of halogens is 1. The molecule has 3 rings (SSSR count). The maximum absolute atomic E-state index is 11.9. The standard InChI is InChI=1S/C19H21N3O3.ClH/c1-24-10-9-20-13-18(23)21-15-7-8-16-17(12-15)25-19(22-16)11-14-5-3-2-4-6-14;/h2-8,12,20H,9-11,13H2,1H3,(H,21,23);1H. The number of nitrogens with zero attached hydrogens (tertiary/aromatic N) is 1. The van der Waals surface area contributed by atoms with Gasteiger partial charge in [-0.05, 0) is 17.7 Å². The van der Waals surface area contributed by atoms with Gasteiger partial charge in [0.05, 0.1) is 13.2 Å². The van der Waals surface area contributed by atoms with Crippen molar-refractivity contribution in [3.63, 3.8) is 0 Å². The Morgan fingerprint density at radius 3 is 2.77 bits per heavy atom. The van der Waals surface area contributed by atoms with Crippen LogP contribution in [0.2, 0.25) is 0 Å². The third-order valence-corrected chi connectivity index (χ3v) is 3.68. The van der Waals surface area contributed by atoms with E-state index in [0.29, 0.717) is 36.7 Å². The number of ether oxygens (including phenoxy) is 1. The molecule has 0 spiro atoms. The molecule has 2 N–H and O–H groups in total. The van der Waals surface area contributed by atoms with Crippen LogP contribution in [-0.2, 0) is 16.0 Å². The van der Waals surface area contributed by atoms with Crippen molar-refractivity contribution in [1.29, 1.82) is 0 Å². The number of hydrogen-bond donors (Lipinski definition) is 2. The molecule has 1 aromatic heterocycles. The number of oxazole rings is 1. The van der Waals surface area contributed by atoms with E-state index in [4.69, 9.17) is 9.15 Å². The average molecular weight is 376 g/mol. The number of amides is 1. The number of carbonyl (C=O) groups excluding carboxylic acids is 1. The summed E-state index contributed by atoms with van der Waals surface area (Å²) in [5.74, 6) is 0.547. The summed E-state index contributed by atoms with van der Waals surface area (Å²) in [5, 5.41) is 5.84. The molecule has 0 saturated heterocycles. The van der Waals surface area contributed by atoms with Gasteiger partial charge >= 0.3 is 0 Å². The van der Waals surface area contributed by atoms with E-state index in [-0.39, 0.29) is 24.9 Å². The van der Waals surface area contributed by atoms with Gasteiger partial charge in [0.2, 0.25) is 5.91 Å². The lowest BCUT2D eigenvalue weighted by Crippen LogP contribution is -2.30. The fourth-order valence-corrected chi connectivity index (χ4v) is 2.48. The molecule has 26 heavy (non-hydrogen) atoms. The van der Waals surface area contributed by atoms with Crippen LogP contribution in [0.4, 0.5) is 5.69 Å². The number of methoxy groups -OCH3 is 1.